The Bertz CT molecular complexity index is 872. The first-order valence-corrected chi connectivity index (χ1v) is 8.63. The fraction of sp³-hybridized carbons (Fsp3) is 0.118. The molecule has 22 heavy (non-hydrogen) atoms. The van der Waals surface area contributed by atoms with Crippen molar-refractivity contribution in [3.63, 3.8) is 0 Å². The molecular weight excluding hydrogens is 296 g/mol. The van der Waals surface area contributed by atoms with Crippen LogP contribution in [0.25, 0.3) is 10.9 Å². The maximum atomic E-state index is 12.2. The molecule has 0 aliphatic rings. The number of pyridine rings is 1. The molecule has 1 heterocycles. The molecule has 0 fully saturated rings. The van der Waals surface area contributed by atoms with Gasteiger partial charge in [0.2, 0.25) is 10.0 Å². The van der Waals surface area contributed by atoms with E-state index in [1.165, 1.54) is 0 Å². The summed E-state index contributed by atoms with van der Waals surface area (Å²) < 4.78 is 27.0. The summed E-state index contributed by atoms with van der Waals surface area (Å²) in [4.78, 5) is 4.33. The first kappa shape index (κ1) is 14.7. The molecule has 0 aliphatic heterocycles. The highest BCUT2D eigenvalue weighted by molar-refractivity contribution is 7.88. The Balaban J connectivity index is 1.76. The Morgan fingerprint density at radius 2 is 1.68 bits per heavy atom. The monoisotopic (exact) mass is 312 g/mol. The van der Waals surface area contributed by atoms with Crippen LogP contribution < -0.4 is 4.72 Å². The molecule has 0 atom stereocenters. The molecule has 0 spiro atoms. The van der Waals surface area contributed by atoms with Gasteiger partial charge in [0, 0.05) is 18.1 Å². The number of hydrogen-bond donors (Lipinski definition) is 1. The third-order valence-corrected chi connectivity index (χ3v) is 4.70. The lowest BCUT2D eigenvalue weighted by molar-refractivity contribution is 0.580. The smallest absolute Gasteiger partial charge is 0.216 e. The van der Waals surface area contributed by atoms with Crippen LogP contribution in [0.3, 0.4) is 0 Å². The van der Waals surface area contributed by atoms with Gasteiger partial charge in [0.1, 0.15) is 0 Å². The Kier molecular flexibility index (Phi) is 4.18. The molecule has 0 saturated heterocycles. The van der Waals surface area contributed by atoms with Gasteiger partial charge in [0.25, 0.3) is 0 Å². The van der Waals surface area contributed by atoms with E-state index in [4.69, 9.17) is 0 Å². The number of nitrogens with one attached hydrogen (secondary N) is 1. The largest absolute Gasteiger partial charge is 0.256 e. The van der Waals surface area contributed by atoms with E-state index in [1.54, 1.807) is 18.3 Å². The van der Waals surface area contributed by atoms with Crippen LogP contribution in [0.1, 0.15) is 11.1 Å². The number of rotatable bonds is 5. The highest BCUT2D eigenvalue weighted by Crippen LogP contribution is 2.16. The number of fused-ring (bicyclic) bond motifs is 1. The predicted molar refractivity (Wildman–Crippen MR) is 87.6 cm³/mol. The zero-order chi connectivity index (χ0) is 15.4. The molecule has 0 bridgehead atoms. The van der Waals surface area contributed by atoms with Crippen molar-refractivity contribution in [1.29, 1.82) is 0 Å². The normalized spacial score (nSPS) is 11.6. The van der Waals surface area contributed by atoms with Crippen molar-refractivity contribution in [1.82, 2.24) is 9.71 Å². The van der Waals surface area contributed by atoms with Crippen molar-refractivity contribution in [2.24, 2.45) is 0 Å². The summed E-state index contributed by atoms with van der Waals surface area (Å²) in [5.74, 6) is -0.0218. The van der Waals surface area contributed by atoms with Crippen molar-refractivity contribution in [3.8, 4) is 0 Å². The summed E-state index contributed by atoms with van der Waals surface area (Å²) >= 11 is 0. The maximum Gasteiger partial charge on any atom is 0.216 e. The van der Waals surface area contributed by atoms with E-state index in [9.17, 15) is 8.42 Å². The van der Waals surface area contributed by atoms with Crippen molar-refractivity contribution in [3.05, 3.63) is 78.0 Å². The topological polar surface area (TPSA) is 59.1 Å². The van der Waals surface area contributed by atoms with Gasteiger partial charge in [-0.25, -0.2) is 13.1 Å². The van der Waals surface area contributed by atoms with Gasteiger partial charge in [0.05, 0.1) is 11.3 Å². The molecule has 0 saturated carbocycles. The molecule has 4 nitrogen and oxygen atoms in total. The van der Waals surface area contributed by atoms with Crippen LogP contribution in [-0.4, -0.2) is 13.4 Å². The molecule has 112 valence electrons. The minimum atomic E-state index is -3.38. The van der Waals surface area contributed by atoms with Crippen molar-refractivity contribution in [2.45, 2.75) is 12.3 Å². The lowest BCUT2D eigenvalue weighted by Gasteiger charge is -2.09. The minimum absolute atomic E-state index is 0.0218. The molecule has 0 unspecified atom stereocenters. The summed E-state index contributed by atoms with van der Waals surface area (Å²) in [6.45, 7) is 0.240. The van der Waals surface area contributed by atoms with Gasteiger partial charge in [-0.1, -0.05) is 54.6 Å². The van der Waals surface area contributed by atoms with Crippen molar-refractivity contribution < 1.29 is 8.42 Å². The lowest BCUT2D eigenvalue weighted by Crippen LogP contribution is -2.24. The number of hydrogen-bond acceptors (Lipinski definition) is 3. The van der Waals surface area contributed by atoms with E-state index < -0.39 is 10.0 Å². The standard InChI is InChI=1S/C17H16N2O2S/c20-22(21,13-14-6-2-1-3-7-14)19-12-16-9-4-8-15-10-5-11-18-17(15)16/h1-11,19H,12-13H2. The third-order valence-electron chi connectivity index (χ3n) is 3.40. The quantitative estimate of drug-likeness (QED) is 0.788. The number of nitrogens with zero attached hydrogens (tertiary/aromatic N) is 1. The third kappa shape index (κ3) is 3.50. The second-order valence-corrected chi connectivity index (χ2v) is 6.86. The van der Waals surface area contributed by atoms with Crippen LogP contribution in [0, 0.1) is 0 Å². The average molecular weight is 312 g/mol. The van der Waals surface area contributed by atoms with Gasteiger partial charge in [0.15, 0.2) is 0 Å². The predicted octanol–water partition coefficient (Wildman–Crippen LogP) is 2.85. The van der Waals surface area contributed by atoms with Gasteiger partial charge < -0.3 is 0 Å². The second kappa shape index (κ2) is 6.25. The van der Waals surface area contributed by atoms with Gasteiger partial charge in [-0.15, -0.1) is 0 Å². The second-order valence-electron chi connectivity index (χ2n) is 5.06. The first-order chi connectivity index (χ1) is 10.6. The average Bonchev–Trinajstić information content (AvgIpc) is 2.53. The van der Waals surface area contributed by atoms with E-state index in [0.29, 0.717) is 0 Å². The molecule has 3 aromatic rings. The van der Waals surface area contributed by atoms with Gasteiger partial charge in [-0.3, -0.25) is 4.98 Å². The SMILES string of the molecule is O=S(=O)(Cc1ccccc1)NCc1cccc2cccnc12. The van der Waals surface area contributed by atoms with Crippen LogP contribution in [0.4, 0.5) is 0 Å². The van der Waals surface area contributed by atoms with Gasteiger partial charge in [-0.05, 0) is 17.2 Å². The van der Waals surface area contributed by atoms with Crippen molar-refractivity contribution in [2.75, 3.05) is 0 Å². The number of aromatic nitrogens is 1. The zero-order valence-corrected chi connectivity index (χ0v) is 12.8. The van der Waals surface area contributed by atoms with E-state index in [1.807, 2.05) is 48.5 Å². The Morgan fingerprint density at radius 3 is 2.50 bits per heavy atom. The molecule has 1 aromatic heterocycles. The van der Waals surface area contributed by atoms with Crippen molar-refractivity contribution >= 4 is 20.9 Å². The fourth-order valence-corrected chi connectivity index (χ4v) is 3.45. The van der Waals surface area contributed by atoms with Crippen LogP contribution in [-0.2, 0) is 22.3 Å². The molecule has 0 radical (unpaired) electrons. The Hall–Kier alpha value is -2.24. The molecule has 0 amide bonds. The fourth-order valence-electron chi connectivity index (χ4n) is 2.34. The molecule has 2 aromatic carbocycles. The van der Waals surface area contributed by atoms with Gasteiger partial charge in [-0.2, -0.15) is 0 Å². The van der Waals surface area contributed by atoms with E-state index in [0.717, 1.165) is 22.0 Å². The minimum Gasteiger partial charge on any atom is -0.256 e. The summed E-state index contributed by atoms with van der Waals surface area (Å²) in [6, 6.07) is 18.7. The zero-order valence-electron chi connectivity index (χ0n) is 11.9. The van der Waals surface area contributed by atoms with E-state index in [-0.39, 0.29) is 12.3 Å². The Labute approximate surface area is 129 Å². The molecule has 3 rings (SSSR count). The molecule has 0 aliphatic carbocycles. The van der Waals surface area contributed by atoms with E-state index in [2.05, 4.69) is 9.71 Å². The van der Waals surface area contributed by atoms with Crippen LogP contribution in [0.5, 0.6) is 0 Å². The molecule has 1 N–H and O–H groups in total. The van der Waals surface area contributed by atoms with Crippen LogP contribution in [0.2, 0.25) is 0 Å². The highest BCUT2D eigenvalue weighted by atomic mass is 32.2. The van der Waals surface area contributed by atoms with Gasteiger partial charge >= 0.3 is 0 Å². The maximum absolute atomic E-state index is 12.2. The lowest BCUT2D eigenvalue weighted by atomic mass is 10.1. The summed E-state index contributed by atoms with van der Waals surface area (Å²) in [7, 11) is -3.38. The number of benzene rings is 2. The van der Waals surface area contributed by atoms with Crippen LogP contribution in [0.15, 0.2) is 66.9 Å². The summed E-state index contributed by atoms with van der Waals surface area (Å²) in [5.41, 5.74) is 2.47. The molecule has 5 heteroatoms. The molecular formula is C17H16N2O2S. The number of para-hydroxylation sites is 1. The summed E-state index contributed by atoms with van der Waals surface area (Å²) in [6.07, 6.45) is 1.71. The van der Waals surface area contributed by atoms with Crippen LogP contribution >= 0.6 is 0 Å². The van der Waals surface area contributed by atoms with E-state index >= 15 is 0 Å². The highest BCUT2D eigenvalue weighted by Gasteiger charge is 2.12. The summed E-state index contributed by atoms with van der Waals surface area (Å²) in [5, 5.41) is 1.00. The first-order valence-electron chi connectivity index (χ1n) is 6.98. The Morgan fingerprint density at radius 1 is 0.909 bits per heavy atom. The number of sulfonamides is 1.